The number of aryl methyl sites for hydroxylation is 1. The molecule has 0 amide bonds. The first kappa shape index (κ1) is 22.8. The quantitative estimate of drug-likeness (QED) is 0.265. The van der Waals surface area contributed by atoms with E-state index in [4.69, 9.17) is 27.9 Å². The number of pyridine rings is 1. The van der Waals surface area contributed by atoms with Gasteiger partial charge in [-0.15, -0.1) is 0 Å². The van der Waals surface area contributed by atoms with E-state index in [0.29, 0.717) is 21.4 Å². The third-order valence-corrected chi connectivity index (χ3v) is 6.15. The number of rotatable bonds is 5. The van der Waals surface area contributed by atoms with Gasteiger partial charge in [0.2, 0.25) is 0 Å². The van der Waals surface area contributed by atoms with Crippen LogP contribution in [0, 0.1) is 6.92 Å². The lowest BCUT2D eigenvalue weighted by atomic mass is 9.96. The van der Waals surface area contributed by atoms with Gasteiger partial charge in [0.1, 0.15) is 5.69 Å². The molecule has 166 valence electrons. The van der Waals surface area contributed by atoms with Crippen molar-refractivity contribution in [2.75, 3.05) is 6.61 Å². The predicted molar refractivity (Wildman–Crippen MR) is 130 cm³/mol. The van der Waals surface area contributed by atoms with E-state index < -0.39 is 18.4 Å². The molecule has 4 rings (SSSR count). The summed E-state index contributed by atoms with van der Waals surface area (Å²) >= 11 is 11.9. The first-order valence-corrected chi connectivity index (χ1v) is 10.9. The van der Waals surface area contributed by atoms with Crippen LogP contribution in [0.3, 0.4) is 0 Å². The summed E-state index contributed by atoms with van der Waals surface area (Å²) in [6.07, 6.45) is 0. The zero-order valence-corrected chi connectivity index (χ0v) is 19.4. The van der Waals surface area contributed by atoms with Crippen LogP contribution in [0.2, 0.25) is 10.0 Å². The Kier molecular flexibility index (Phi) is 6.36. The number of ketones is 1. The monoisotopic (exact) mass is 479 g/mol. The number of nitrogens with zero attached hydrogens (tertiary/aromatic N) is 1. The van der Waals surface area contributed by atoms with Crippen molar-refractivity contribution in [3.05, 3.63) is 104 Å². The second-order valence-electron chi connectivity index (χ2n) is 7.63. The van der Waals surface area contributed by atoms with E-state index in [1.54, 1.807) is 18.2 Å². The van der Waals surface area contributed by atoms with Gasteiger partial charge in [-0.05, 0) is 42.1 Å². The minimum absolute atomic E-state index is 0.0736. The van der Waals surface area contributed by atoms with Crippen LogP contribution >= 0.6 is 23.2 Å². The number of carbonyl (C=O) groups excluding carboxylic acids is 2. The van der Waals surface area contributed by atoms with Crippen molar-refractivity contribution >= 4 is 45.7 Å². The van der Waals surface area contributed by atoms with Crippen LogP contribution in [0.15, 0.2) is 71.5 Å². The predicted octanol–water partition coefficient (Wildman–Crippen LogP) is 5.86. The van der Waals surface area contributed by atoms with E-state index in [1.807, 2.05) is 37.3 Å². The van der Waals surface area contributed by atoms with Crippen LogP contribution in [-0.4, -0.2) is 22.9 Å². The number of halogens is 2. The van der Waals surface area contributed by atoms with Gasteiger partial charge >= 0.3 is 5.97 Å². The number of aromatic nitrogens is 1. The van der Waals surface area contributed by atoms with Gasteiger partial charge in [0.25, 0.3) is 5.56 Å². The lowest BCUT2D eigenvalue weighted by Gasteiger charge is -2.17. The van der Waals surface area contributed by atoms with Gasteiger partial charge in [0, 0.05) is 23.6 Å². The Morgan fingerprint density at radius 1 is 0.909 bits per heavy atom. The molecule has 0 aliphatic rings. The van der Waals surface area contributed by atoms with Gasteiger partial charge in [-0.1, -0.05) is 71.2 Å². The van der Waals surface area contributed by atoms with E-state index in [9.17, 15) is 14.4 Å². The highest BCUT2D eigenvalue weighted by Gasteiger charge is 2.24. The summed E-state index contributed by atoms with van der Waals surface area (Å²) in [5, 5.41) is 1.66. The molecule has 0 fully saturated rings. The largest absolute Gasteiger partial charge is 0.453 e. The van der Waals surface area contributed by atoms with Crippen molar-refractivity contribution < 1.29 is 14.3 Å². The number of ether oxygens (including phenoxy) is 1. The smallest absolute Gasteiger partial charge is 0.356 e. The molecule has 0 saturated carbocycles. The standard InChI is InChI=1S/C26H19Cl2NO4/c1-15-7-9-16(10-8-15)23-18-5-3-4-6-19(18)25(31)29(2)24(23)26(32)33-14-22(30)17-11-12-20(27)21(28)13-17/h3-13H,14H2,1-2H3. The van der Waals surface area contributed by atoms with Crippen LogP contribution in [0.1, 0.15) is 26.4 Å². The van der Waals surface area contributed by atoms with Crippen molar-refractivity contribution in [1.82, 2.24) is 4.57 Å². The topological polar surface area (TPSA) is 65.4 Å². The summed E-state index contributed by atoms with van der Waals surface area (Å²) in [5.74, 6) is -1.21. The fraction of sp³-hybridized carbons (Fsp3) is 0.115. The molecule has 0 aliphatic carbocycles. The maximum absolute atomic E-state index is 13.2. The van der Waals surface area contributed by atoms with Crippen LogP contribution in [0.25, 0.3) is 21.9 Å². The minimum atomic E-state index is -0.774. The summed E-state index contributed by atoms with van der Waals surface area (Å²) in [7, 11) is 1.52. The molecule has 0 atom stereocenters. The Balaban J connectivity index is 1.77. The van der Waals surface area contributed by atoms with Crippen LogP contribution in [0.5, 0.6) is 0 Å². The van der Waals surface area contributed by atoms with Gasteiger partial charge < -0.3 is 9.30 Å². The van der Waals surface area contributed by atoms with E-state index in [1.165, 1.54) is 29.8 Å². The molecule has 0 aliphatic heterocycles. The number of esters is 1. The Bertz CT molecular complexity index is 1460. The zero-order chi connectivity index (χ0) is 23.7. The summed E-state index contributed by atoms with van der Waals surface area (Å²) < 4.78 is 6.63. The van der Waals surface area contributed by atoms with E-state index in [0.717, 1.165) is 11.1 Å². The molecule has 3 aromatic carbocycles. The third-order valence-electron chi connectivity index (χ3n) is 5.41. The minimum Gasteiger partial charge on any atom is -0.453 e. The Morgan fingerprint density at radius 2 is 1.58 bits per heavy atom. The SMILES string of the molecule is Cc1ccc(-c2c(C(=O)OCC(=O)c3ccc(Cl)c(Cl)c3)n(C)c(=O)c3ccccc23)cc1. The number of Topliss-reactive ketones (excluding diaryl/α,β-unsaturated/α-hetero) is 1. The number of hydrogen-bond donors (Lipinski definition) is 0. The van der Waals surface area contributed by atoms with Crippen LogP contribution < -0.4 is 5.56 Å². The highest BCUT2D eigenvalue weighted by Crippen LogP contribution is 2.31. The first-order chi connectivity index (χ1) is 15.8. The molecule has 0 spiro atoms. The first-order valence-electron chi connectivity index (χ1n) is 10.1. The van der Waals surface area contributed by atoms with Crippen molar-refractivity contribution in [3.8, 4) is 11.1 Å². The van der Waals surface area contributed by atoms with Crippen molar-refractivity contribution in [1.29, 1.82) is 0 Å². The summed E-state index contributed by atoms with van der Waals surface area (Å²) in [6, 6.07) is 19.2. The molecule has 7 heteroatoms. The lowest BCUT2D eigenvalue weighted by Crippen LogP contribution is -2.27. The second kappa shape index (κ2) is 9.22. The van der Waals surface area contributed by atoms with Crippen molar-refractivity contribution in [3.63, 3.8) is 0 Å². The van der Waals surface area contributed by atoms with Crippen LogP contribution in [-0.2, 0) is 11.8 Å². The fourth-order valence-electron chi connectivity index (χ4n) is 3.67. The average Bonchev–Trinajstić information content (AvgIpc) is 2.82. The number of carbonyl (C=O) groups is 2. The van der Waals surface area contributed by atoms with Gasteiger partial charge in [-0.3, -0.25) is 9.59 Å². The van der Waals surface area contributed by atoms with Crippen molar-refractivity contribution in [2.24, 2.45) is 7.05 Å². The van der Waals surface area contributed by atoms with E-state index in [-0.39, 0.29) is 21.8 Å². The normalized spacial score (nSPS) is 10.9. The molecular weight excluding hydrogens is 461 g/mol. The summed E-state index contributed by atoms with van der Waals surface area (Å²) in [4.78, 5) is 38.7. The van der Waals surface area contributed by atoms with E-state index >= 15 is 0 Å². The Morgan fingerprint density at radius 3 is 2.24 bits per heavy atom. The molecule has 1 aromatic heterocycles. The molecular formula is C26H19Cl2NO4. The number of benzene rings is 3. The molecule has 0 saturated heterocycles. The maximum Gasteiger partial charge on any atom is 0.356 e. The van der Waals surface area contributed by atoms with Gasteiger partial charge in [-0.25, -0.2) is 4.79 Å². The molecule has 0 unspecified atom stereocenters. The number of fused-ring (bicyclic) bond motifs is 1. The highest BCUT2D eigenvalue weighted by atomic mass is 35.5. The van der Waals surface area contributed by atoms with Crippen molar-refractivity contribution in [2.45, 2.75) is 6.92 Å². The van der Waals surface area contributed by atoms with Gasteiger partial charge in [0.15, 0.2) is 12.4 Å². The van der Waals surface area contributed by atoms with E-state index in [2.05, 4.69) is 0 Å². The Labute approximate surface area is 200 Å². The molecule has 4 aromatic rings. The third kappa shape index (κ3) is 4.42. The molecule has 0 N–H and O–H groups in total. The van der Waals surface area contributed by atoms with Gasteiger partial charge in [-0.2, -0.15) is 0 Å². The summed E-state index contributed by atoms with van der Waals surface area (Å²) in [6.45, 7) is 1.46. The lowest BCUT2D eigenvalue weighted by molar-refractivity contribution is 0.0465. The van der Waals surface area contributed by atoms with Crippen LogP contribution in [0.4, 0.5) is 0 Å². The van der Waals surface area contributed by atoms with Gasteiger partial charge in [0.05, 0.1) is 10.0 Å². The molecule has 33 heavy (non-hydrogen) atoms. The average molecular weight is 480 g/mol. The second-order valence-corrected chi connectivity index (χ2v) is 8.44. The molecule has 0 bridgehead atoms. The number of hydrogen-bond acceptors (Lipinski definition) is 4. The molecule has 1 heterocycles. The fourth-order valence-corrected chi connectivity index (χ4v) is 3.97. The zero-order valence-electron chi connectivity index (χ0n) is 17.9. The summed E-state index contributed by atoms with van der Waals surface area (Å²) in [5.41, 5.74) is 2.40. The molecule has 0 radical (unpaired) electrons. The Hall–Kier alpha value is -3.41. The maximum atomic E-state index is 13.2. The highest BCUT2D eigenvalue weighted by molar-refractivity contribution is 6.42. The molecule has 5 nitrogen and oxygen atoms in total.